The van der Waals surface area contributed by atoms with E-state index in [0.29, 0.717) is 19.3 Å². The van der Waals surface area contributed by atoms with Crippen LogP contribution in [-0.4, -0.2) is 37.2 Å². The molecule has 0 amide bonds. The first kappa shape index (κ1) is 58.4. The minimum absolute atomic E-state index is 0.0624. The number of rotatable bonds is 49. The molecule has 0 spiro atoms. The van der Waals surface area contributed by atoms with Gasteiger partial charge in [-0.05, 0) is 25.2 Å². The molecule has 0 saturated heterocycles. The van der Waals surface area contributed by atoms with Gasteiger partial charge in [-0.15, -0.1) is 0 Å². The van der Waals surface area contributed by atoms with Crippen LogP contribution in [0.25, 0.3) is 0 Å². The van der Waals surface area contributed by atoms with Crippen LogP contribution in [0.1, 0.15) is 304 Å². The molecule has 0 fully saturated rings. The van der Waals surface area contributed by atoms with Crippen LogP contribution in [0.4, 0.5) is 0 Å². The molecule has 0 bridgehead atoms. The second-order valence-corrected chi connectivity index (χ2v) is 18.8. The monoisotopic (exact) mass is 849 g/mol. The Bertz CT molecular complexity index is 905. The molecular formula is C54H104O6. The maximum Gasteiger partial charge on any atom is 0.306 e. The molecule has 6 heteroatoms. The van der Waals surface area contributed by atoms with E-state index in [9.17, 15) is 14.4 Å². The summed E-state index contributed by atoms with van der Waals surface area (Å²) < 4.78 is 16.8. The van der Waals surface area contributed by atoms with E-state index in [2.05, 4.69) is 27.7 Å². The zero-order chi connectivity index (χ0) is 43.8. The van der Waals surface area contributed by atoms with Gasteiger partial charge in [0.2, 0.25) is 0 Å². The highest BCUT2D eigenvalue weighted by atomic mass is 16.6. The number of carbonyl (C=O) groups excluding carboxylic acids is 3. The molecule has 60 heavy (non-hydrogen) atoms. The van der Waals surface area contributed by atoms with Crippen molar-refractivity contribution in [2.45, 2.75) is 310 Å². The average Bonchev–Trinajstić information content (AvgIpc) is 3.25. The van der Waals surface area contributed by atoms with Gasteiger partial charge in [0, 0.05) is 19.3 Å². The summed E-state index contributed by atoms with van der Waals surface area (Å²) in [7, 11) is 0. The molecule has 0 saturated carbocycles. The van der Waals surface area contributed by atoms with Crippen molar-refractivity contribution in [1.82, 2.24) is 0 Å². The second-order valence-electron chi connectivity index (χ2n) is 18.8. The third-order valence-corrected chi connectivity index (χ3v) is 12.7. The molecule has 0 heterocycles. The van der Waals surface area contributed by atoms with Crippen LogP contribution < -0.4 is 0 Å². The normalized spacial score (nSPS) is 12.4. The van der Waals surface area contributed by atoms with Crippen LogP contribution in [-0.2, 0) is 28.6 Å². The number of carbonyl (C=O) groups is 3. The lowest BCUT2D eigenvalue weighted by Crippen LogP contribution is -2.30. The molecule has 1 unspecified atom stereocenters. The minimum atomic E-state index is -0.760. The topological polar surface area (TPSA) is 78.9 Å². The molecule has 0 aromatic carbocycles. The summed E-state index contributed by atoms with van der Waals surface area (Å²) in [6, 6.07) is 0. The summed E-state index contributed by atoms with van der Waals surface area (Å²) >= 11 is 0. The standard InChI is InChI=1S/C54H104O6/c1-5-8-10-12-14-16-18-21-26-30-34-38-42-46-53(56)59-49-51(48-58-52(55)45-41-37-33-29-24-17-15-13-11-9-6-2)60-54(57)47-43-39-35-31-27-23-20-19-22-25-28-32-36-40-44-50(4)7-3/h50-51H,5-49H2,1-4H3/t50?,51-/m0/s1. The fraction of sp³-hybridized carbons (Fsp3) is 0.944. The van der Waals surface area contributed by atoms with Gasteiger partial charge < -0.3 is 14.2 Å². The number of esters is 3. The van der Waals surface area contributed by atoms with E-state index >= 15 is 0 Å². The molecule has 0 radical (unpaired) electrons. The maximum atomic E-state index is 12.8. The van der Waals surface area contributed by atoms with E-state index in [1.165, 1.54) is 199 Å². The van der Waals surface area contributed by atoms with Crippen molar-refractivity contribution in [3.8, 4) is 0 Å². The average molecular weight is 849 g/mol. The number of ether oxygens (including phenoxy) is 3. The Kier molecular flexibility index (Phi) is 47.2. The summed E-state index contributed by atoms with van der Waals surface area (Å²) in [4.78, 5) is 38.0. The Balaban J connectivity index is 4.28. The SMILES string of the molecule is CCCCCCCCCCCCCCCC(=O)OC[C@H](COC(=O)CCCCCCCCCCCCC)OC(=O)CCCCCCCCCCCCCCCCC(C)CC. The van der Waals surface area contributed by atoms with Gasteiger partial charge in [0.25, 0.3) is 0 Å². The summed E-state index contributed by atoms with van der Waals surface area (Å²) in [6.45, 7) is 9.07. The summed E-state index contributed by atoms with van der Waals surface area (Å²) in [5.41, 5.74) is 0. The zero-order valence-corrected chi connectivity index (χ0v) is 40.9. The van der Waals surface area contributed by atoms with Gasteiger partial charge in [-0.1, -0.05) is 265 Å². The predicted octanol–water partition coefficient (Wildman–Crippen LogP) is 17.5. The van der Waals surface area contributed by atoms with Crippen LogP contribution in [0.2, 0.25) is 0 Å². The lowest BCUT2D eigenvalue weighted by Gasteiger charge is -2.18. The smallest absolute Gasteiger partial charge is 0.306 e. The van der Waals surface area contributed by atoms with Crippen molar-refractivity contribution in [3.05, 3.63) is 0 Å². The molecule has 356 valence electrons. The Morgan fingerprint density at radius 3 is 0.867 bits per heavy atom. The van der Waals surface area contributed by atoms with E-state index < -0.39 is 6.10 Å². The van der Waals surface area contributed by atoms with Crippen LogP contribution >= 0.6 is 0 Å². The fourth-order valence-electron chi connectivity index (χ4n) is 8.19. The number of hydrogen-bond acceptors (Lipinski definition) is 6. The Hall–Kier alpha value is -1.59. The van der Waals surface area contributed by atoms with E-state index in [0.717, 1.165) is 63.7 Å². The highest BCUT2D eigenvalue weighted by Crippen LogP contribution is 2.18. The Morgan fingerprint density at radius 2 is 0.583 bits per heavy atom. The molecular weight excluding hydrogens is 745 g/mol. The van der Waals surface area contributed by atoms with E-state index in [1.807, 2.05) is 0 Å². The van der Waals surface area contributed by atoms with Gasteiger partial charge in [-0.25, -0.2) is 0 Å². The predicted molar refractivity (Wildman–Crippen MR) is 257 cm³/mol. The molecule has 6 nitrogen and oxygen atoms in total. The number of unbranched alkanes of at least 4 members (excludes halogenated alkanes) is 35. The summed E-state index contributed by atoms with van der Waals surface area (Å²) in [5.74, 6) is 0.0527. The summed E-state index contributed by atoms with van der Waals surface area (Å²) in [6.07, 6.45) is 50.8. The third kappa shape index (κ3) is 45.9. The van der Waals surface area contributed by atoms with Crippen molar-refractivity contribution in [3.63, 3.8) is 0 Å². The van der Waals surface area contributed by atoms with E-state index in [1.54, 1.807) is 0 Å². The number of hydrogen-bond donors (Lipinski definition) is 0. The first-order chi connectivity index (χ1) is 29.4. The fourth-order valence-corrected chi connectivity index (χ4v) is 8.19. The first-order valence-electron chi connectivity index (χ1n) is 26.9. The van der Waals surface area contributed by atoms with Crippen molar-refractivity contribution in [2.75, 3.05) is 13.2 Å². The van der Waals surface area contributed by atoms with Gasteiger partial charge in [-0.2, -0.15) is 0 Å². The van der Waals surface area contributed by atoms with Crippen LogP contribution in [0.3, 0.4) is 0 Å². The van der Waals surface area contributed by atoms with Gasteiger partial charge in [0.1, 0.15) is 13.2 Å². The molecule has 0 aromatic rings. The molecule has 0 aliphatic carbocycles. The first-order valence-corrected chi connectivity index (χ1v) is 26.9. The van der Waals surface area contributed by atoms with Crippen molar-refractivity contribution >= 4 is 17.9 Å². The zero-order valence-electron chi connectivity index (χ0n) is 40.9. The third-order valence-electron chi connectivity index (χ3n) is 12.7. The highest BCUT2D eigenvalue weighted by molar-refractivity contribution is 5.71. The van der Waals surface area contributed by atoms with Gasteiger partial charge in [0.05, 0.1) is 0 Å². The van der Waals surface area contributed by atoms with Gasteiger partial charge >= 0.3 is 17.9 Å². The molecule has 0 rings (SSSR count). The van der Waals surface area contributed by atoms with Crippen LogP contribution in [0.15, 0.2) is 0 Å². The van der Waals surface area contributed by atoms with E-state index in [-0.39, 0.29) is 31.1 Å². The highest BCUT2D eigenvalue weighted by Gasteiger charge is 2.19. The van der Waals surface area contributed by atoms with Gasteiger partial charge in [-0.3, -0.25) is 14.4 Å². The maximum absolute atomic E-state index is 12.8. The minimum Gasteiger partial charge on any atom is -0.462 e. The molecule has 0 aromatic heterocycles. The molecule has 2 atom stereocenters. The molecule has 0 N–H and O–H groups in total. The van der Waals surface area contributed by atoms with Crippen molar-refractivity contribution in [1.29, 1.82) is 0 Å². The quantitative estimate of drug-likeness (QED) is 0.0345. The lowest BCUT2D eigenvalue weighted by atomic mass is 9.99. The Labute approximate surface area is 374 Å². The van der Waals surface area contributed by atoms with Crippen LogP contribution in [0, 0.1) is 5.92 Å². The van der Waals surface area contributed by atoms with Crippen molar-refractivity contribution < 1.29 is 28.6 Å². The Morgan fingerprint density at radius 1 is 0.333 bits per heavy atom. The lowest BCUT2D eigenvalue weighted by molar-refractivity contribution is -0.167. The second kappa shape index (κ2) is 48.4. The van der Waals surface area contributed by atoms with Gasteiger partial charge in [0.15, 0.2) is 6.10 Å². The summed E-state index contributed by atoms with van der Waals surface area (Å²) in [5, 5.41) is 0. The molecule has 0 aliphatic rings. The molecule has 0 aliphatic heterocycles. The van der Waals surface area contributed by atoms with E-state index in [4.69, 9.17) is 14.2 Å². The van der Waals surface area contributed by atoms with Crippen molar-refractivity contribution in [2.24, 2.45) is 5.92 Å². The van der Waals surface area contributed by atoms with Crippen LogP contribution in [0.5, 0.6) is 0 Å². The largest absolute Gasteiger partial charge is 0.462 e.